The first-order valence-electron chi connectivity index (χ1n) is 10.0. The van der Waals surface area contributed by atoms with E-state index in [-0.39, 0.29) is 18.1 Å². The van der Waals surface area contributed by atoms with E-state index in [1.54, 1.807) is 0 Å². The van der Waals surface area contributed by atoms with Gasteiger partial charge in [-0.3, -0.25) is 4.79 Å². The van der Waals surface area contributed by atoms with Crippen LogP contribution >= 0.6 is 11.6 Å². The smallest absolute Gasteiger partial charge is 0.260 e. The minimum absolute atomic E-state index is 0.00215. The molecule has 2 aromatic carbocycles. The lowest BCUT2D eigenvalue weighted by Crippen LogP contribution is -2.50. The molecule has 2 aliphatic heterocycles. The number of aryl methyl sites for hydroxylation is 1. The Bertz CT molecular complexity index is 920. The number of amides is 1. The van der Waals surface area contributed by atoms with Crippen molar-refractivity contribution in [2.24, 2.45) is 0 Å². The van der Waals surface area contributed by atoms with E-state index >= 15 is 0 Å². The molecule has 4 rings (SSSR count). The molecular weight excluding hydrogens is 388 g/mol. The summed E-state index contributed by atoms with van der Waals surface area (Å²) in [6, 6.07) is 11.8. The molecule has 0 N–H and O–H groups in total. The van der Waals surface area contributed by atoms with Crippen LogP contribution in [-0.2, 0) is 11.2 Å². The van der Waals surface area contributed by atoms with E-state index in [1.165, 1.54) is 5.56 Å². The maximum Gasteiger partial charge on any atom is 0.260 e. The molecule has 29 heavy (non-hydrogen) atoms. The van der Waals surface area contributed by atoms with E-state index in [1.807, 2.05) is 35.2 Å². The predicted octanol–water partition coefficient (Wildman–Crippen LogP) is 4.09. The summed E-state index contributed by atoms with van der Waals surface area (Å²) in [5.41, 5.74) is 3.23. The van der Waals surface area contributed by atoms with Crippen LogP contribution in [0.5, 0.6) is 11.5 Å². The number of rotatable bonds is 4. The Kier molecular flexibility index (Phi) is 5.34. The van der Waals surface area contributed by atoms with Gasteiger partial charge in [-0.05, 0) is 44.5 Å². The zero-order valence-corrected chi connectivity index (χ0v) is 18.0. The van der Waals surface area contributed by atoms with Crippen molar-refractivity contribution in [1.29, 1.82) is 0 Å². The van der Waals surface area contributed by atoms with Gasteiger partial charge in [-0.2, -0.15) is 0 Å². The second kappa shape index (κ2) is 7.79. The number of halogens is 1. The largest absolute Gasteiger partial charge is 0.483 e. The van der Waals surface area contributed by atoms with E-state index in [2.05, 4.69) is 31.7 Å². The number of fused-ring (bicyclic) bond motifs is 1. The number of hydrogen-bond acceptors (Lipinski definition) is 4. The van der Waals surface area contributed by atoms with Crippen molar-refractivity contribution >= 4 is 23.2 Å². The standard InChI is InChI=1S/C23H27ClN2O3/c1-16-7-8-18(24)13-19(16)25-9-11-26(12-10-25)21(27)15-28-20-6-4-5-17-14-23(2,3)29-22(17)20/h4-8,13H,9-12,14-15H2,1-3H3. The number of carbonyl (C=O) groups is 1. The molecule has 1 amide bonds. The third-order valence-corrected chi connectivity index (χ3v) is 5.79. The molecule has 0 bridgehead atoms. The first-order chi connectivity index (χ1) is 13.8. The maximum atomic E-state index is 12.7. The number of ether oxygens (including phenoxy) is 2. The first-order valence-corrected chi connectivity index (χ1v) is 10.4. The zero-order chi connectivity index (χ0) is 20.6. The fourth-order valence-corrected chi connectivity index (χ4v) is 4.22. The average Bonchev–Trinajstić information content (AvgIpc) is 3.02. The quantitative estimate of drug-likeness (QED) is 0.755. The molecule has 0 atom stereocenters. The summed E-state index contributed by atoms with van der Waals surface area (Å²) in [6.45, 7) is 9.13. The van der Waals surface area contributed by atoms with Crippen molar-refractivity contribution in [3.05, 3.63) is 52.5 Å². The van der Waals surface area contributed by atoms with Crippen molar-refractivity contribution in [3.8, 4) is 11.5 Å². The second-order valence-electron chi connectivity index (χ2n) is 8.37. The Labute approximate surface area is 177 Å². The Morgan fingerprint density at radius 1 is 1.17 bits per heavy atom. The van der Waals surface area contributed by atoms with Crippen LogP contribution in [0.2, 0.25) is 5.02 Å². The number of carbonyl (C=O) groups excluding carboxylic acids is 1. The molecule has 2 heterocycles. The number of benzene rings is 2. The molecule has 0 saturated carbocycles. The van der Waals surface area contributed by atoms with Gasteiger partial charge >= 0.3 is 0 Å². The Hall–Kier alpha value is -2.40. The highest BCUT2D eigenvalue weighted by Crippen LogP contribution is 2.41. The van der Waals surface area contributed by atoms with Crippen LogP contribution in [0.3, 0.4) is 0 Å². The average molecular weight is 415 g/mol. The van der Waals surface area contributed by atoms with E-state index in [9.17, 15) is 4.79 Å². The Morgan fingerprint density at radius 2 is 1.93 bits per heavy atom. The van der Waals surface area contributed by atoms with Gasteiger partial charge in [-0.25, -0.2) is 0 Å². The molecule has 0 aliphatic carbocycles. The number of piperazine rings is 1. The molecular formula is C23H27ClN2O3. The molecule has 0 radical (unpaired) electrons. The van der Waals surface area contributed by atoms with Crippen LogP contribution in [0, 0.1) is 6.92 Å². The van der Waals surface area contributed by atoms with Gasteiger partial charge in [-0.1, -0.05) is 29.8 Å². The minimum atomic E-state index is -0.236. The number of nitrogens with zero attached hydrogens (tertiary/aromatic N) is 2. The lowest BCUT2D eigenvalue weighted by Gasteiger charge is -2.36. The van der Waals surface area contributed by atoms with Gasteiger partial charge in [0.05, 0.1) is 0 Å². The summed E-state index contributed by atoms with van der Waals surface area (Å²) in [7, 11) is 0. The molecule has 5 nitrogen and oxygen atoms in total. The monoisotopic (exact) mass is 414 g/mol. The summed E-state index contributed by atoms with van der Waals surface area (Å²) in [6.07, 6.45) is 0.846. The highest BCUT2D eigenvalue weighted by atomic mass is 35.5. The number of anilines is 1. The van der Waals surface area contributed by atoms with Crippen LogP contribution in [0.25, 0.3) is 0 Å². The molecule has 154 valence electrons. The van der Waals surface area contributed by atoms with Gasteiger partial charge in [0, 0.05) is 48.9 Å². The van der Waals surface area contributed by atoms with Gasteiger partial charge in [0.2, 0.25) is 0 Å². The van der Waals surface area contributed by atoms with E-state index in [0.717, 1.165) is 41.5 Å². The third-order valence-electron chi connectivity index (χ3n) is 5.55. The maximum absolute atomic E-state index is 12.7. The molecule has 2 aromatic rings. The van der Waals surface area contributed by atoms with Crippen LogP contribution in [-0.4, -0.2) is 49.2 Å². The van der Waals surface area contributed by atoms with E-state index in [4.69, 9.17) is 21.1 Å². The predicted molar refractivity (Wildman–Crippen MR) is 115 cm³/mol. The fraction of sp³-hybridized carbons (Fsp3) is 0.435. The first kappa shape index (κ1) is 19.9. The third kappa shape index (κ3) is 4.30. The van der Waals surface area contributed by atoms with Crippen LogP contribution in [0.15, 0.2) is 36.4 Å². The van der Waals surface area contributed by atoms with Crippen molar-refractivity contribution < 1.29 is 14.3 Å². The Morgan fingerprint density at radius 3 is 2.69 bits per heavy atom. The topological polar surface area (TPSA) is 42.0 Å². The van der Waals surface area contributed by atoms with Crippen molar-refractivity contribution in [3.63, 3.8) is 0 Å². The van der Waals surface area contributed by atoms with Gasteiger partial charge < -0.3 is 19.3 Å². The summed E-state index contributed by atoms with van der Waals surface area (Å²) in [5, 5.41) is 0.735. The van der Waals surface area contributed by atoms with E-state index < -0.39 is 0 Å². The summed E-state index contributed by atoms with van der Waals surface area (Å²) in [4.78, 5) is 16.8. The molecule has 0 spiro atoms. The van der Waals surface area contributed by atoms with Crippen molar-refractivity contribution in [1.82, 2.24) is 4.90 Å². The summed E-state index contributed by atoms with van der Waals surface area (Å²) in [5.74, 6) is 1.42. The molecule has 0 aromatic heterocycles. The number of hydrogen-bond donors (Lipinski definition) is 0. The SMILES string of the molecule is Cc1ccc(Cl)cc1N1CCN(C(=O)COc2cccc3c2OC(C)(C)C3)CC1. The number of para-hydroxylation sites is 1. The van der Waals surface area contributed by atoms with Gasteiger partial charge in [0.1, 0.15) is 5.60 Å². The zero-order valence-electron chi connectivity index (χ0n) is 17.2. The van der Waals surface area contributed by atoms with Crippen LogP contribution in [0.4, 0.5) is 5.69 Å². The van der Waals surface area contributed by atoms with Crippen LogP contribution < -0.4 is 14.4 Å². The van der Waals surface area contributed by atoms with Gasteiger partial charge in [-0.15, -0.1) is 0 Å². The lowest BCUT2D eigenvalue weighted by atomic mass is 10.0. The summed E-state index contributed by atoms with van der Waals surface area (Å²) < 4.78 is 11.9. The lowest BCUT2D eigenvalue weighted by molar-refractivity contribution is -0.133. The summed E-state index contributed by atoms with van der Waals surface area (Å²) >= 11 is 6.15. The fourth-order valence-electron chi connectivity index (χ4n) is 4.05. The van der Waals surface area contributed by atoms with Crippen molar-refractivity contribution in [2.45, 2.75) is 32.8 Å². The van der Waals surface area contributed by atoms with E-state index in [0.29, 0.717) is 18.8 Å². The van der Waals surface area contributed by atoms with Gasteiger partial charge in [0.25, 0.3) is 5.91 Å². The highest BCUT2D eigenvalue weighted by Gasteiger charge is 2.32. The normalized spacial score (nSPS) is 17.7. The molecule has 0 unspecified atom stereocenters. The molecule has 1 fully saturated rings. The van der Waals surface area contributed by atoms with Crippen molar-refractivity contribution in [2.75, 3.05) is 37.7 Å². The van der Waals surface area contributed by atoms with Gasteiger partial charge in [0.15, 0.2) is 18.1 Å². The Balaban J connectivity index is 1.34. The minimum Gasteiger partial charge on any atom is -0.483 e. The molecule has 2 aliphatic rings. The molecule has 1 saturated heterocycles. The van der Waals surface area contributed by atoms with Crippen LogP contribution in [0.1, 0.15) is 25.0 Å². The highest BCUT2D eigenvalue weighted by molar-refractivity contribution is 6.30. The molecule has 6 heteroatoms. The second-order valence-corrected chi connectivity index (χ2v) is 8.81.